The topological polar surface area (TPSA) is 117 Å². The molecule has 214 valence electrons. The van der Waals surface area contributed by atoms with E-state index in [0.29, 0.717) is 55.1 Å². The average molecular weight is 636 g/mol. The maximum absolute atomic E-state index is 13.2. The third-order valence-electron chi connectivity index (χ3n) is 7.60. The summed E-state index contributed by atoms with van der Waals surface area (Å²) in [6.45, 7) is 8.30. The Morgan fingerprint density at radius 2 is 1.65 bits per heavy atom. The van der Waals surface area contributed by atoms with E-state index in [4.69, 9.17) is 16.3 Å². The highest BCUT2D eigenvalue weighted by molar-refractivity contribution is 9.10. The molecule has 2 aliphatic heterocycles. The molecule has 11 nitrogen and oxygen atoms in total. The Morgan fingerprint density at radius 1 is 1.02 bits per heavy atom. The second-order valence-electron chi connectivity index (χ2n) is 11.5. The lowest BCUT2D eigenvalue weighted by atomic mass is 10.1. The van der Waals surface area contributed by atoms with Crippen LogP contribution >= 0.6 is 27.5 Å². The molecule has 5 rings (SSSR count). The average Bonchev–Trinajstić information content (AvgIpc) is 3.19. The number of anilines is 1. The largest absolute Gasteiger partial charge is 0.444 e. The number of fused-ring (bicyclic) bond motifs is 1. The van der Waals surface area contributed by atoms with E-state index in [0.717, 1.165) is 0 Å². The first kappa shape index (κ1) is 28.4. The van der Waals surface area contributed by atoms with Crippen LogP contribution in [0.1, 0.15) is 41.7 Å². The van der Waals surface area contributed by atoms with Gasteiger partial charge in [0.05, 0.1) is 16.8 Å². The number of carbonyl (C=O) groups is 4. The number of halogens is 2. The van der Waals surface area contributed by atoms with Crippen LogP contribution in [0.5, 0.6) is 0 Å². The molecule has 3 aliphatic rings. The van der Waals surface area contributed by atoms with Crippen molar-refractivity contribution in [1.82, 2.24) is 24.3 Å². The lowest BCUT2D eigenvalue weighted by molar-refractivity contribution is -0.135. The number of likely N-dealkylation sites (tertiary alicyclic amines) is 1. The summed E-state index contributed by atoms with van der Waals surface area (Å²) in [7, 11) is 1.71. The van der Waals surface area contributed by atoms with E-state index in [1.807, 2.05) is 25.7 Å². The molecule has 1 saturated carbocycles. The van der Waals surface area contributed by atoms with Crippen LogP contribution in [-0.4, -0.2) is 92.9 Å². The van der Waals surface area contributed by atoms with E-state index in [1.54, 1.807) is 33.5 Å². The minimum Gasteiger partial charge on any atom is -0.444 e. The summed E-state index contributed by atoms with van der Waals surface area (Å²) in [6, 6.07) is 4.76. The Balaban J connectivity index is 1.11. The molecule has 2 saturated heterocycles. The lowest BCUT2D eigenvalue weighted by Gasteiger charge is -2.35. The highest BCUT2D eigenvalue weighted by Gasteiger charge is 2.61. The van der Waals surface area contributed by atoms with E-state index in [1.165, 1.54) is 12.3 Å². The number of nitrogens with zero attached hydrogens (tertiary/aromatic N) is 5. The van der Waals surface area contributed by atoms with E-state index in [-0.39, 0.29) is 46.5 Å². The highest BCUT2D eigenvalue weighted by Crippen LogP contribution is 2.52. The zero-order valence-electron chi connectivity index (χ0n) is 22.8. The van der Waals surface area contributed by atoms with Crippen LogP contribution in [0.2, 0.25) is 5.02 Å². The second-order valence-corrected chi connectivity index (χ2v) is 12.7. The fraction of sp³-hybridized carbons (Fsp3) is 0.519. The molecule has 40 heavy (non-hydrogen) atoms. The van der Waals surface area contributed by atoms with Crippen LogP contribution < -0.4 is 5.32 Å². The van der Waals surface area contributed by atoms with E-state index in [2.05, 4.69) is 26.2 Å². The van der Waals surface area contributed by atoms with Crippen LogP contribution in [0, 0.1) is 17.8 Å². The molecule has 0 radical (unpaired) electrons. The van der Waals surface area contributed by atoms with Crippen molar-refractivity contribution in [2.45, 2.75) is 26.4 Å². The van der Waals surface area contributed by atoms with Crippen molar-refractivity contribution in [2.24, 2.45) is 24.8 Å². The number of nitrogens with one attached hydrogen (secondary N) is 1. The van der Waals surface area contributed by atoms with Crippen LogP contribution in [0.25, 0.3) is 0 Å². The molecule has 1 aromatic heterocycles. The molecular formula is C27H32BrClN6O5. The number of hydrogen-bond acceptors (Lipinski definition) is 6. The number of piperidine rings is 1. The summed E-state index contributed by atoms with van der Waals surface area (Å²) in [6.07, 6.45) is 1.21. The van der Waals surface area contributed by atoms with Gasteiger partial charge < -0.3 is 29.3 Å². The Hall–Kier alpha value is -3.12. The monoisotopic (exact) mass is 634 g/mol. The summed E-state index contributed by atoms with van der Waals surface area (Å²) in [4.78, 5) is 60.5. The molecule has 3 heterocycles. The first-order valence-corrected chi connectivity index (χ1v) is 14.3. The Morgan fingerprint density at radius 3 is 2.20 bits per heavy atom. The second kappa shape index (κ2) is 10.7. The van der Waals surface area contributed by atoms with Crippen molar-refractivity contribution in [3.05, 3.63) is 45.4 Å². The van der Waals surface area contributed by atoms with Gasteiger partial charge in [-0.2, -0.15) is 0 Å². The fourth-order valence-corrected chi connectivity index (χ4v) is 5.96. The maximum Gasteiger partial charge on any atom is 0.410 e. The van der Waals surface area contributed by atoms with Gasteiger partial charge in [0.1, 0.15) is 10.2 Å². The zero-order valence-corrected chi connectivity index (χ0v) is 25.2. The van der Waals surface area contributed by atoms with Crippen LogP contribution in [0.3, 0.4) is 0 Å². The molecule has 0 bridgehead atoms. The van der Waals surface area contributed by atoms with Gasteiger partial charge in [-0.25, -0.2) is 9.78 Å². The van der Waals surface area contributed by atoms with Crippen LogP contribution in [0.4, 0.5) is 10.5 Å². The third-order valence-corrected chi connectivity index (χ3v) is 8.65. The number of imidazole rings is 1. The van der Waals surface area contributed by atoms with Gasteiger partial charge in [0, 0.05) is 57.9 Å². The number of rotatable bonds is 4. The van der Waals surface area contributed by atoms with Gasteiger partial charge in [0.15, 0.2) is 5.82 Å². The van der Waals surface area contributed by atoms with Gasteiger partial charge >= 0.3 is 6.09 Å². The zero-order chi connectivity index (χ0) is 28.9. The molecule has 4 amide bonds. The van der Waals surface area contributed by atoms with Gasteiger partial charge in [-0.05, 0) is 66.7 Å². The highest BCUT2D eigenvalue weighted by atomic mass is 79.9. The molecule has 3 atom stereocenters. The number of amides is 4. The molecule has 3 fully saturated rings. The third kappa shape index (κ3) is 5.69. The van der Waals surface area contributed by atoms with Crippen LogP contribution in [-0.2, 0) is 16.6 Å². The summed E-state index contributed by atoms with van der Waals surface area (Å²) in [5.41, 5.74) is 0.232. The summed E-state index contributed by atoms with van der Waals surface area (Å²) < 4.78 is 7.72. The molecule has 1 aromatic carbocycles. The van der Waals surface area contributed by atoms with Gasteiger partial charge in [-0.3, -0.25) is 14.4 Å². The first-order valence-electron chi connectivity index (χ1n) is 13.2. The van der Waals surface area contributed by atoms with Gasteiger partial charge in [0.2, 0.25) is 5.91 Å². The molecule has 1 N–H and O–H groups in total. The normalized spacial score (nSPS) is 22.1. The van der Waals surface area contributed by atoms with Crippen molar-refractivity contribution < 1.29 is 23.9 Å². The Labute approximate surface area is 245 Å². The predicted octanol–water partition coefficient (Wildman–Crippen LogP) is 3.49. The Kier molecular flexibility index (Phi) is 7.60. The molecule has 0 spiro atoms. The first-order chi connectivity index (χ1) is 18.8. The fourth-order valence-electron chi connectivity index (χ4n) is 5.43. The van der Waals surface area contributed by atoms with Crippen molar-refractivity contribution in [1.29, 1.82) is 0 Å². The van der Waals surface area contributed by atoms with Gasteiger partial charge in [-0.1, -0.05) is 11.6 Å². The number of ether oxygens (including phenoxy) is 1. The van der Waals surface area contributed by atoms with Crippen molar-refractivity contribution in [2.75, 3.05) is 44.6 Å². The number of piperazine rings is 1. The predicted molar refractivity (Wildman–Crippen MR) is 151 cm³/mol. The standard InChI is InChI=1S/C27H32BrClN6O5/c1-27(2,3)40-26(39)35-13-17-18(14-35)21(17)25(38)34-9-7-33(8-10-34)24(37)16-6-5-15(11-19(16)29)31-23(36)22-30-12-20(28)32(22)4/h5-6,11-12,17-18,21H,7-10,13-14H2,1-4H3,(H,31,36)/t17-,18+,21-. The minimum absolute atomic E-state index is 0.0648. The number of carbonyl (C=O) groups excluding carboxylic acids is 4. The summed E-state index contributed by atoms with van der Waals surface area (Å²) >= 11 is 9.74. The quantitative estimate of drug-likeness (QED) is 0.550. The molecule has 13 heteroatoms. The molecule has 2 aromatic rings. The van der Waals surface area contributed by atoms with E-state index < -0.39 is 11.5 Å². The molecular weight excluding hydrogens is 604 g/mol. The van der Waals surface area contributed by atoms with E-state index >= 15 is 0 Å². The maximum atomic E-state index is 13.2. The van der Waals surface area contributed by atoms with Gasteiger partial charge in [-0.15, -0.1) is 0 Å². The van der Waals surface area contributed by atoms with Crippen molar-refractivity contribution in [3.63, 3.8) is 0 Å². The number of aromatic nitrogens is 2. The SMILES string of the molecule is Cn1c(Br)cnc1C(=O)Nc1ccc(C(=O)N2CCN(C(=O)[C@@H]3[C@@H]4CN(C(=O)OC(C)(C)C)C[C@@H]43)CC2)c(Cl)c1. The van der Waals surface area contributed by atoms with Crippen molar-refractivity contribution >= 4 is 57.0 Å². The Bertz CT molecular complexity index is 1350. The minimum atomic E-state index is -0.545. The number of benzene rings is 1. The summed E-state index contributed by atoms with van der Waals surface area (Å²) in [5.74, 6) is -0.00629. The van der Waals surface area contributed by atoms with Crippen LogP contribution in [0.15, 0.2) is 29.0 Å². The molecule has 1 aliphatic carbocycles. The smallest absolute Gasteiger partial charge is 0.410 e. The summed E-state index contributed by atoms with van der Waals surface area (Å²) in [5, 5.41) is 2.97. The van der Waals surface area contributed by atoms with E-state index in [9.17, 15) is 19.2 Å². The van der Waals surface area contributed by atoms with Gasteiger partial charge in [0.25, 0.3) is 11.8 Å². The lowest BCUT2D eigenvalue weighted by Crippen LogP contribution is -2.51. The number of hydrogen-bond donors (Lipinski definition) is 1. The molecule has 0 unspecified atom stereocenters. The van der Waals surface area contributed by atoms with Crippen molar-refractivity contribution in [3.8, 4) is 0 Å².